The smallest absolute Gasteiger partial charge is 0.493 e. The molecule has 8 nitrogen and oxygen atoms in total. The summed E-state index contributed by atoms with van der Waals surface area (Å²) < 4.78 is 63.6. The van der Waals surface area contributed by atoms with Gasteiger partial charge in [0, 0.05) is 19.3 Å². The number of imidazole rings is 1. The van der Waals surface area contributed by atoms with Crippen molar-refractivity contribution < 1.29 is 26.7 Å². The van der Waals surface area contributed by atoms with Gasteiger partial charge in [0.25, 0.3) is 9.84 Å². The third-order valence-electron chi connectivity index (χ3n) is 5.31. The van der Waals surface area contributed by atoms with Gasteiger partial charge in [-0.2, -0.15) is 13.2 Å². The highest BCUT2D eigenvalue weighted by molar-refractivity contribution is 7.92. The van der Waals surface area contributed by atoms with Crippen LogP contribution in [0.3, 0.4) is 0 Å². The Kier molecular flexibility index (Phi) is 6.59. The van der Waals surface area contributed by atoms with Crippen molar-refractivity contribution in [2.45, 2.75) is 37.7 Å². The van der Waals surface area contributed by atoms with Gasteiger partial charge < -0.3 is 10.0 Å². The lowest BCUT2D eigenvalue weighted by atomic mass is 10.2. The number of hydrogen-bond acceptors (Lipinski definition) is 6. The molecule has 0 amide bonds. The highest BCUT2D eigenvalue weighted by Gasteiger charge is 2.46. The molecular weight excluding hydrogens is 461 g/mol. The predicted molar refractivity (Wildman–Crippen MR) is 117 cm³/mol. The molecule has 0 atom stereocenters. The number of halogens is 3. The van der Waals surface area contributed by atoms with Crippen molar-refractivity contribution in [2.24, 2.45) is 0 Å². The number of nitrogens with zero attached hydrogens (tertiary/aromatic N) is 4. The van der Waals surface area contributed by atoms with Gasteiger partial charge in [0.15, 0.2) is 0 Å². The molecule has 0 fully saturated rings. The van der Waals surface area contributed by atoms with E-state index in [1.165, 1.54) is 11.5 Å². The van der Waals surface area contributed by atoms with Crippen LogP contribution in [0.25, 0.3) is 5.69 Å². The zero-order valence-electron chi connectivity index (χ0n) is 18.2. The SMILES string of the molecule is CCN(CC)c1cc(Cn2c(C)c(O)n(-c3ccc(S(=O)(=O)C(F)(F)F)cc3)c2=O)ccn1. The minimum atomic E-state index is -5.52. The molecule has 0 aliphatic carbocycles. The average Bonchev–Trinajstić information content (AvgIpc) is 2.97. The van der Waals surface area contributed by atoms with Crippen molar-refractivity contribution in [1.29, 1.82) is 0 Å². The van der Waals surface area contributed by atoms with Crippen molar-refractivity contribution in [1.82, 2.24) is 14.1 Å². The second-order valence-corrected chi connectivity index (χ2v) is 9.19. The van der Waals surface area contributed by atoms with E-state index < -0.39 is 31.8 Å². The van der Waals surface area contributed by atoms with E-state index in [2.05, 4.69) is 4.98 Å². The fourth-order valence-electron chi connectivity index (χ4n) is 3.43. The Morgan fingerprint density at radius 1 is 1.09 bits per heavy atom. The zero-order chi connectivity index (χ0) is 24.6. The average molecular weight is 485 g/mol. The van der Waals surface area contributed by atoms with Crippen LogP contribution in [0.15, 0.2) is 52.3 Å². The number of anilines is 1. The third-order valence-corrected chi connectivity index (χ3v) is 6.81. The van der Waals surface area contributed by atoms with Crippen LogP contribution in [0.1, 0.15) is 25.1 Å². The summed E-state index contributed by atoms with van der Waals surface area (Å²) in [6, 6.07) is 7.14. The molecule has 0 aliphatic rings. The Morgan fingerprint density at radius 2 is 1.70 bits per heavy atom. The number of sulfone groups is 1. The summed E-state index contributed by atoms with van der Waals surface area (Å²) in [6.45, 7) is 7.16. The van der Waals surface area contributed by atoms with Gasteiger partial charge in [-0.3, -0.25) is 4.57 Å². The molecule has 0 unspecified atom stereocenters. The van der Waals surface area contributed by atoms with E-state index in [0.29, 0.717) is 0 Å². The lowest BCUT2D eigenvalue weighted by Crippen LogP contribution is -2.25. The van der Waals surface area contributed by atoms with E-state index in [9.17, 15) is 31.5 Å². The van der Waals surface area contributed by atoms with Crippen molar-refractivity contribution in [3.05, 3.63) is 64.3 Å². The van der Waals surface area contributed by atoms with Crippen LogP contribution in [0.5, 0.6) is 5.88 Å². The summed E-state index contributed by atoms with van der Waals surface area (Å²) in [7, 11) is -5.52. The maximum absolute atomic E-state index is 13.0. The van der Waals surface area contributed by atoms with Crippen LogP contribution >= 0.6 is 0 Å². The molecular formula is C21H23F3N4O4S. The molecule has 0 aliphatic heterocycles. The summed E-state index contributed by atoms with van der Waals surface area (Å²) >= 11 is 0. The van der Waals surface area contributed by atoms with Crippen LogP contribution in [-0.2, 0) is 16.4 Å². The second kappa shape index (κ2) is 8.93. The fourth-order valence-corrected chi connectivity index (χ4v) is 4.19. The van der Waals surface area contributed by atoms with Gasteiger partial charge >= 0.3 is 11.2 Å². The van der Waals surface area contributed by atoms with Gasteiger partial charge in [-0.05, 0) is 62.7 Å². The molecule has 2 heterocycles. The Hall–Kier alpha value is -3.28. The first-order valence-corrected chi connectivity index (χ1v) is 11.5. The van der Waals surface area contributed by atoms with Crippen molar-refractivity contribution in [3.63, 3.8) is 0 Å². The van der Waals surface area contributed by atoms with Gasteiger partial charge in [-0.15, -0.1) is 0 Å². The molecule has 0 radical (unpaired) electrons. The molecule has 0 saturated heterocycles. The molecule has 0 bridgehead atoms. The van der Waals surface area contributed by atoms with Crippen LogP contribution in [0, 0.1) is 6.92 Å². The monoisotopic (exact) mass is 484 g/mol. The quantitative estimate of drug-likeness (QED) is 0.553. The summed E-state index contributed by atoms with van der Waals surface area (Å²) in [5.74, 6) is 0.345. The fraction of sp³-hybridized carbons (Fsp3) is 0.333. The maximum Gasteiger partial charge on any atom is 0.501 e. The lowest BCUT2D eigenvalue weighted by molar-refractivity contribution is -0.0436. The molecule has 33 heavy (non-hydrogen) atoms. The van der Waals surface area contributed by atoms with Gasteiger partial charge in [0.05, 0.1) is 22.8 Å². The minimum Gasteiger partial charge on any atom is -0.493 e. The lowest BCUT2D eigenvalue weighted by Gasteiger charge is -2.20. The number of hydrogen-bond donors (Lipinski definition) is 1. The molecule has 1 aromatic carbocycles. The van der Waals surface area contributed by atoms with Gasteiger partial charge in [-0.1, -0.05) is 0 Å². The normalized spacial score (nSPS) is 12.2. The van der Waals surface area contributed by atoms with E-state index in [4.69, 9.17) is 0 Å². The first-order valence-electron chi connectivity index (χ1n) is 10.0. The van der Waals surface area contributed by atoms with E-state index in [1.807, 2.05) is 24.8 Å². The summed E-state index contributed by atoms with van der Waals surface area (Å²) in [4.78, 5) is 18.5. The van der Waals surface area contributed by atoms with E-state index in [-0.39, 0.29) is 17.9 Å². The number of aromatic nitrogens is 3. The summed E-state index contributed by atoms with van der Waals surface area (Å²) in [5.41, 5.74) is -5.03. The van der Waals surface area contributed by atoms with Crippen LogP contribution < -0.4 is 10.6 Å². The molecule has 12 heteroatoms. The molecule has 178 valence electrons. The summed E-state index contributed by atoms with van der Waals surface area (Å²) in [6.07, 6.45) is 1.63. The van der Waals surface area contributed by atoms with E-state index in [1.54, 1.807) is 12.3 Å². The molecule has 2 aromatic heterocycles. The number of rotatable bonds is 7. The number of pyridine rings is 1. The van der Waals surface area contributed by atoms with Crippen LogP contribution in [0.4, 0.5) is 19.0 Å². The van der Waals surface area contributed by atoms with Crippen molar-refractivity contribution in [2.75, 3.05) is 18.0 Å². The highest BCUT2D eigenvalue weighted by atomic mass is 32.2. The first kappa shape index (κ1) is 24.4. The Morgan fingerprint density at radius 3 is 2.24 bits per heavy atom. The van der Waals surface area contributed by atoms with E-state index in [0.717, 1.165) is 53.3 Å². The predicted octanol–water partition coefficient (Wildman–Crippen LogP) is 3.24. The minimum absolute atomic E-state index is 0.0269. The van der Waals surface area contributed by atoms with Gasteiger partial charge in [0.1, 0.15) is 5.82 Å². The van der Waals surface area contributed by atoms with Gasteiger partial charge in [-0.25, -0.2) is 22.8 Å². The Bertz CT molecular complexity index is 1310. The topological polar surface area (TPSA) is 97.4 Å². The largest absolute Gasteiger partial charge is 0.501 e. The number of alkyl halides is 3. The first-order chi connectivity index (χ1) is 15.4. The van der Waals surface area contributed by atoms with Crippen molar-refractivity contribution in [3.8, 4) is 11.6 Å². The van der Waals surface area contributed by atoms with Crippen LogP contribution in [-0.4, -0.2) is 46.2 Å². The standard InChI is InChI=1S/C21H23F3N4O4S/c1-4-26(5-2)18-12-15(10-11-25-18)13-27-14(3)19(29)28(20(27)30)16-6-8-17(9-7-16)33(31,32)21(22,23)24/h6-12,29H,4-5,13H2,1-3H3. The zero-order valence-corrected chi connectivity index (χ0v) is 19.0. The number of aromatic hydroxyl groups is 1. The highest BCUT2D eigenvalue weighted by Crippen LogP contribution is 2.31. The Balaban J connectivity index is 1.99. The molecule has 3 aromatic rings. The molecule has 0 saturated carbocycles. The van der Waals surface area contributed by atoms with Crippen molar-refractivity contribution >= 4 is 15.7 Å². The molecule has 1 N–H and O–H groups in total. The third kappa shape index (κ3) is 4.47. The molecule has 0 spiro atoms. The van der Waals surface area contributed by atoms with Gasteiger partial charge in [0.2, 0.25) is 5.88 Å². The van der Waals surface area contributed by atoms with E-state index >= 15 is 0 Å². The summed E-state index contributed by atoms with van der Waals surface area (Å²) in [5, 5.41) is 10.5. The number of benzene rings is 1. The maximum atomic E-state index is 13.0. The molecule has 3 rings (SSSR count). The second-order valence-electron chi connectivity index (χ2n) is 7.25. The van der Waals surface area contributed by atoms with Crippen LogP contribution in [0.2, 0.25) is 0 Å². The Labute approximate surface area is 188 Å².